The van der Waals surface area contributed by atoms with E-state index in [1.165, 1.54) is 0 Å². The summed E-state index contributed by atoms with van der Waals surface area (Å²) < 4.78 is 22.4. The van der Waals surface area contributed by atoms with E-state index in [1.807, 2.05) is 0 Å². The molecule has 4 heteroatoms. The third-order valence-corrected chi connectivity index (χ3v) is 3.23. The molecule has 1 aromatic carbocycles. The average Bonchev–Trinajstić information content (AvgIpc) is 2.06. The summed E-state index contributed by atoms with van der Waals surface area (Å²) in [5, 5.41) is 0. The van der Waals surface area contributed by atoms with Crippen molar-refractivity contribution in [1.82, 2.24) is 0 Å². The maximum absolute atomic E-state index is 11.2. The van der Waals surface area contributed by atoms with Crippen LogP contribution in [0.5, 0.6) is 0 Å². The van der Waals surface area contributed by atoms with E-state index >= 15 is 0 Å². The topological polar surface area (TPSA) is 34.1 Å². The fourth-order valence-corrected chi connectivity index (χ4v) is 1.70. The summed E-state index contributed by atoms with van der Waals surface area (Å²) in [5.41, 5.74) is 0. The van der Waals surface area contributed by atoms with Crippen molar-refractivity contribution in [1.29, 1.82) is 0 Å². The molecule has 0 aromatic heterocycles. The Morgan fingerprint density at radius 2 is 1.67 bits per heavy atom. The van der Waals surface area contributed by atoms with Crippen LogP contribution in [0.3, 0.4) is 0 Å². The summed E-state index contributed by atoms with van der Waals surface area (Å²) >= 11 is 0. The van der Waals surface area contributed by atoms with Gasteiger partial charge in [-0.3, -0.25) is 0 Å². The van der Waals surface area contributed by atoms with Gasteiger partial charge in [0.05, 0.1) is 10.6 Å². The van der Waals surface area contributed by atoms with Crippen molar-refractivity contribution in [2.75, 3.05) is 5.75 Å². The predicted octanol–water partition coefficient (Wildman–Crippen LogP) is 1.48. The van der Waals surface area contributed by atoms with Gasteiger partial charge in [-0.15, -0.1) is 0 Å². The first kappa shape index (κ1) is 12.4. The molecule has 68 valence electrons. The van der Waals surface area contributed by atoms with Gasteiger partial charge in [-0.1, -0.05) is 25.1 Å². The van der Waals surface area contributed by atoms with Crippen LogP contribution in [-0.2, 0) is 9.84 Å². The summed E-state index contributed by atoms with van der Waals surface area (Å²) in [6.45, 7) is 1.64. The van der Waals surface area contributed by atoms with Crippen LogP contribution in [0.4, 0.5) is 0 Å². The molecular formula is C8H10ArO2S. The van der Waals surface area contributed by atoms with Crippen LogP contribution in [-0.4, -0.2) is 14.2 Å². The SMILES string of the molecule is CCS(=O)(=O)c1ccccc1.[Ar]. The third kappa shape index (κ3) is 3.05. The molecule has 0 aliphatic rings. The van der Waals surface area contributed by atoms with Crippen molar-refractivity contribution in [3.63, 3.8) is 0 Å². The first-order chi connectivity index (χ1) is 5.17. The van der Waals surface area contributed by atoms with E-state index in [0.29, 0.717) is 4.90 Å². The maximum Gasteiger partial charge on any atom is 0.178 e. The van der Waals surface area contributed by atoms with Crippen LogP contribution in [0.2, 0.25) is 0 Å². The summed E-state index contributed by atoms with van der Waals surface area (Å²) in [6.07, 6.45) is 0. The molecule has 0 saturated heterocycles. The zero-order valence-electron chi connectivity index (χ0n) is 6.67. The molecule has 0 unspecified atom stereocenters. The van der Waals surface area contributed by atoms with E-state index in [9.17, 15) is 8.42 Å². The Morgan fingerprint density at radius 3 is 2.08 bits per heavy atom. The minimum atomic E-state index is -3.00. The molecule has 0 saturated carbocycles. The Balaban J connectivity index is 0.00000121. The second-order valence-electron chi connectivity index (χ2n) is 2.22. The van der Waals surface area contributed by atoms with Crippen LogP contribution in [0.1, 0.15) is 6.92 Å². The molecule has 1 rings (SSSR count). The summed E-state index contributed by atoms with van der Waals surface area (Å²) in [4.78, 5) is 0.405. The van der Waals surface area contributed by atoms with Gasteiger partial charge in [-0.2, -0.15) is 0 Å². The molecule has 12 heavy (non-hydrogen) atoms. The molecule has 0 atom stereocenters. The molecule has 0 spiro atoms. The van der Waals surface area contributed by atoms with Gasteiger partial charge in [-0.05, 0) is 12.1 Å². The van der Waals surface area contributed by atoms with Crippen LogP contribution in [0.25, 0.3) is 0 Å². The van der Waals surface area contributed by atoms with Crippen molar-refractivity contribution in [3.8, 4) is 0 Å². The Bertz CT molecular complexity index is 318. The number of rotatable bonds is 2. The van der Waals surface area contributed by atoms with Crippen molar-refractivity contribution in [2.24, 2.45) is 0 Å². The molecule has 0 aliphatic heterocycles. The zero-order valence-corrected chi connectivity index (χ0v) is 8.20. The third-order valence-electron chi connectivity index (χ3n) is 1.48. The van der Waals surface area contributed by atoms with Gasteiger partial charge in [-0.25, -0.2) is 8.42 Å². The molecule has 0 aliphatic carbocycles. The summed E-state index contributed by atoms with van der Waals surface area (Å²) in [6, 6.07) is 8.47. The van der Waals surface area contributed by atoms with E-state index < -0.39 is 9.84 Å². The van der Waals surface area contributed by atoms with Gasteiger partial charge >= 0.3 is 0 Å². The van der Waals surface area contributed by atoms with Crippen LogP contribution < -0.4 is 0 Å². The van der Waals surface area contributed by atoms with Crippen molar-refractivity contribution in [3.05, 3.63) is 30.3 Å². The van der Waals surface area contributed by atoms with E-state index in [0.717, 1.165) is 0 Å². The normalized spacial score (nSPS) is 10.4. The van der Waals surface area contributed by atoms with Gasteiger partial charge in [0.2, 0.25) is 0 Å². The quantitative estimate of drug-likeness (QED) is 0.740. The van der Waals surface area contributed by atoms with Crippen LogP contribution >= 0.6 is 0 Å². The Hall–Kier alpha value is 0.430. The second-order valence-corrected chi connectivity index (χ2v) is 4.49. The Kier molecular flexibility index (Phi) is 5.41. The Morgan fingerprint density at radius 1 is 1.17 bits per heavy atom. The molecule has 1 aromatic rings. The minimum Gasteiger partial charge on any atom is -0.224 e. The Labute approximate surface area is 103 Å². The zero-order chi connectivity index (χ0) is 8.32. The minimum absolute atomic E-state index is 0. The largest absolute Gasteiger partial charge is 0.224 e. The molecule has 0 heterocycles. The van der Waals surface area contributed by atoms with Gasteiger partial charge in [0.1, 0.15) is 0 Å². The standard InChI is InChI=1S/C8H10O2S.Ar/c1-2-11(9,10)8-6-4-3-5-7-8;/h3-7H,2H2,1H3;. The van der Waals surface area contributed by atoms with E-state index in [2.05, 4.69) is 0 Å². The second kappa shape index (κ2) is 5.22. The van der Waals surface area contributed by atoms with Gasteiger partial charge < -0.3 is 0 Å². The number of hydrogen-bond donors (Lipinski definition) is 0. The molecule has 0 bridgehead atoms. The van der Waals surface area contributed by atoms with Crippen molar-refractivity contribution >= 4 is 9.84 Å². The van der Waals surface area contributed by atoms with E-state index in [-0.39, 0.29) is 43.5 Å². The number of benzene rings is 1. The van der Waals surface area contributed by atoms with Gasteiger partial charge in [0, 0.05) is 37.7 Å². The molecule has 0 amide bonds. The summed E-state index contributed by atoms with van der Waals surface area (Å²) in [5.74, 6) is 0.164. The first-order valence-corrected chi connectivity index (χ1v) is 5.10. The van der Waals surface area contributed by atoms with Crippen molar-refractivity contribution < 1.29 is 46.2 Å². The smallest absolute Gasteiger partial charge is 0.178 e. The summed E-state index contributed by atoms with van der Waals surface area (Å²) in [7, 11) is -3.00. The molecule has 0 N–H and O–H groups in total. The molecule has 0 radical (unpaired) electrons. The van der Waals surface area contributed by atoms with E-state index in [4.69, 9.17) is 0 Å². The van der Waals surface area contributed by atoms with Crippen LogP contribution in [0, 0.1) is 37.7 Å². The number of hydrogen-bond acceptors (Lipinski definition) is 2. The fourth-order valence-electron chi connectivity index (χ4n) is 0.794. The first-order valence-electron chi connectivity index (χ1n) is 3.44. The molecule has 0 fully saturated rings. The van der Waals surface area contributed by atoms with Gasteiger partial charge in [0.15, 0.2) is 9.84 Å². The average molecular weight is 210 g/mol. The molecular weight excluding hydrogens is 200 g/mol. The van der Waals surface area contributed by atoms with Gasteiger partial charge in [0.25, 0.3) is 0 Å². The number of sulfone groups is 1. The van der Waals surface area contributed by atoms with E-state index in [1.54, 1.807) is 37.3 Å². The predicted molar refractivity (Wildman–Crippen MR) is 44.2 cm³/mol. The van der Waals surface area contributed by atoms with Crippen molar-refractivity contribution in [2.45, 2.75) is 11.8 Å². The maximum atomic E-state index is 11.2. The fraction of sp³-hybridized carbons (Fsp3) is 0.250. The van der Waals surface area contributed by atoms with Crippen LogP contribution in [0.15, 0.2) is 35.2 Å². The monoisotopic (exact) mass is 210 g/mol. The molecule has 2 nitrogen and oxygen atoms in total.